The fourth-order valence-corrected chi connectivity index (χ4v) is 12.9. The molecule has 0 amide bonds. The summed E-state index contributed by atoms with van der Waals surface area (Å²) in [5, 5.41) is 10.6. The fraction of sp³-hybridized carbons (Fsp3) is 0.946. The summed E-state index contributed by atoms with van der Waals surface area (Å²) in [4.78, 5) is 72.7. The third kappa shape index (κ3) is 68.4. The maximum atomic E-state index is 13.1. The number of carbonyl (C=O) groups is 4. The van der Waals surface area contributed by atoms with E-state index in [0.717, 1.165) is 102 Å². The molecular formula is C74H144O17P2. The van der Waals surface area contributed by atoms with E-state index in [2.05, 4.69) is 41.5 Å². The van der Waals surface area contributed by atoms with Crippen LogP contribution in [0.4, 0.5) is 0 Å². The average Bonchev–Trinajstić information content (AvgIpc) is 1.81. The third-order valence-electron chi connectivity index (χ3n) is 17.2. The van der Waals surface area contributed by atoms with Crippen molar-refractivity contribution in [2.24, 2.45) is 11.8 Å². The quantitative estimate of drug-likeness (QED) is 0.0222. The van der Waals surface area contributed by atoms with Crippen molar-refractivity contribution >= 4 is 39.5 Å². The van der Waals surface area contributed by atoms with Gasteiger partial charge in [0.1, 0.15) is 19.3 Å². The van der Waals surface area contributed by atoms with E-state index >= 15 is 0 Å². The molecule has 2 unspecified atom stereocenters. The Morgan fingerprint density at radius 1 is 0.290 bits per heavy atom. The zero-order chi connectivity index (χ0) is 68.6. The van der Waals surface area contributed by atoms with Gasteiger partial charge in [0.25, 0.3) is 0 Å². The minimum Gasteiger partial charge on any atom is -0.462 e. The van der Waals surface area contributed by atoms with E-state index in [-0.39, 0.29) is 25.7 Å². The zero-order valence-corrected chi connectivity index (χ0v) is 62.3. The van der Waals surface area contributed by atoms with Gasteiger partial charge in [-0.2, -0.15) is 0 Å². The van der Waals surface area contributed by atoms with E-state index in [9.17, 15) is 43.2 Å². The number of phosphoric ester groups is 2. The largest absolute Gasteiger partial charge is 0.472 e. The molecule has 0 fully saturated rings. The smallest absolute Gasteiger partial charge is 0.462 e. The summed E-state index contributed by atoms with van der Waals surface area (Å²) in [5.74, 6) is -0.551. The van der Waals surface area contributed by atoms with Crippen LogP contribution in [0.1, 0.15) is 382 Å². The van der Waals surface area contributed by atoms with Crippen molar-refractivity contribution in [3.63, 3.8) is 0 Å². The predicted octanol–water partition coefficient (Wildman–Crippen LogP) is 21.6. The van der Waals surface area contributed by atoms with E-state index < -0.39 is 97.5 Å². The van der Waals surface area contributed by atoms with Crippen LogP contribution in [0, 0.1) is 11.8 Å². The number of esters is 4. The number of hydrogen-bond acceptors (Lipinski definition) is 15. The van der Waals surface area contributed by atoms with Gasteiger partial charge in [-0.15, -0.1) is 0 Å². The van der Waals surface area contributed by atoms with Crippen molar-refractivity contribution in [2.75, 3.05) is 39.6 Å². The molecule has 5 atom stereocenters. The number of carbonyl (C=O) groups excluding carboxylic acids is 4. The third-order valence-corrected chi connectivity index (χ3v) is 19.1. The van der Waals surface area contributed by atoms with E-state index in [1.165, 1.54) is 199 Å². The van der Waals surface area contributed by atoms with Gasteiger partial charge in [0.15, 0.2) is 12.2 Å². The second kappa shape index (κ2) is 66.0. The highest BCUT2D eigenvalue weighted by atomic mass is 31.2. The van der Waals surface area contributed by atoms with Crippen LogP contribution in [0.2, 0.25) is 0 Å². The van der Waals surface area contributed by atoms with Crippen LogP contribution in [-0.4, -0.2) is 96.7 Å². The first-order valence-corrected chi connectivity index (χ1v) is 41.5. The molecule has 0 aliphatic rings. The van der Waals surface area contributed by atoms with Crippen LogP contribution in [0.25, 0.3) is 0 Å². The molecule has 0 aromatic carbocycles. The highest BCUT2D eigenvalue weighted by Crippen LogP contribution is 2.45. The molecule has 0 bridgehead atoms. The van der Waals surface area contributed by atoms with Crippen molar-refractivity contribution in [3.8, 4) is 0 Å². The van der Waals surface area contributed by atoms with Gasteiger partial charge in [-0.25, -0.2) is 9.13 Å². The summed E-state index contributed by atoms with van der Waals surface area (Å²) in [6.45, 7) is 9.59. The number of hydrogen-bond donors (Lipinski definition) is 3. The number of unbranched alkanes of at least 4 members (excludes halogenated alkanes) is 43. The second-order valence-corrected chi connectivity index (χ2v) is 30.5. The van der Waals surface area contributed by atoms with Crippen LogP contribution < -0.4 is 0 Å². The maximum absolute atomic E-state index is 13.1. The van der Waals surface area contributed by atoms with Crippen molar-refractivity contribution in [3.05, 3.63) is 0 Å². The van der Waals surface area contributed by atoms with Crippen molar-refractivity contribution in [1.82, 2.24) is 0 Å². The standard InChI is InChI=1S/C74H144O17P2/c1-7-9-11-13-15-17-18-26-34-40-46-52-58-73(78)90-69(62-84-71(76)56-50-44-38-30-16-14-12-10-8-2)64-88-92(80,81)86-60-68(75)61-87-93(82,83)89-65-70(63-85-72(77)57-51-45-39-33-29-28-32-37-43-49-55-67(5)6)91-74(79)59-53-47-41-35-27-24-22-20-19-21-23-25-31-36-42-48-54-66(3)4/h66-70,75H,7-65H2,1-6H3,(H,80,81)(H,82,83)/t68-,69+,70+/m0/s1. The normalized spacial score (nSPS) is 14.1. The lowest BCUT2D eigenvalue weighted by molar-refractivity contribution is -0.161. The van der Waals surface area contributed by atoms with Crippen LogP contribution in [0.15, 0.2) is 0 Å². The molecule has 552 valence electrons. The number of ether oxygens (including phenoxy) is 4. The molecule has 0 saturated carbocycles. The lowest BCUT2D eigenvalue weighted by Crippen LogP contribution is -2.30. The van der Waals surface area contributed by atoms with E-state index in [0.29, 0.717) is 25.7 Å². The summed E-state index contributed by atoms with van der Waals surface area (Å²) in [6.07, 6.45) is 52.7. The minimum absolute atomic E-state index is 0.107. The molecule has 0 spiro atoms. The summed E-state index contributed by atoms with van der Waals surface area (Å²) < 4.78 is 68.4. The Kier molecular flexibility index (Phi) is 64.6. The predicted molar refractivity (Wildman–Crippen MR) is 377 cm³/mol. The summed E-state index contributed by atoms with van der Waals surface area (Å²) >= 11 is 0. The Hall–Kier alpha value is -1.94. The molecule has 0 aliphatic carbocycles. The summed E-state index contributed by atoms with van der Waals surface area (Å²) in [6, 6.07) is 0. The van der Waals surface area contributed by atoms with E-state index in [4.69, 9.17) is 37.0 Å². The molecule has 0 heterocycles. The Morgan fingerprint density at radius 3 is 0.731 bits per heavy atom. The molecule has 0 aromatic heterocycles. The Morgan fingerprint density at radius 2 is 0.495 bits per heavy atom. The van der Waals surface area contributed by atoms with Gasteiger partial charge in [0.05, 0.1) is 26.4 Å². The molecule has 17 nitrogen and oxygen atoms in total. The molecule has 93 heavy (non-hydrogen) atoms. The number of phosphoric acid groups is 2. The first kappa shape index (κ1) is 91.1. The SMILES string of the molecule is CCCCCCCCCCCCCCC(=O)O[C@H](COC(=O)CCCCCCCCCCC)COP(=O)(O)OC[C@H](O)COP(=O)(O)OC[C@@H](COC(=O)CCCCCCCCCCCCC(C)C)OC(=O)CCCCCCCCCCCCCCCCCCC(C)C. The van der Waals surface area contributed by atoms with Crippen molar-refractivity contribution in [1.29, 1.82) is 0 Å². The lowest BCUT2D eigenvalue weighted by atomic mass is 10.0. The van der Waals surface area contributed by atoms with E-state index in [1.54, 1.807) is 0 Å². The van der Waals surface area contributed by atoms with E-state index in [1.807, 2.05) is 0 Å². The van der Waals surface area contributed by atoms with Crippen molar-refractivity contribution < 1.29 is 80.2 Å². The fourth-order valence-electron chi connectivity index (χ4n) is 11.3. The van der Waals surface area contributed by atoms with Crippen LogP contribution in [-0.2, 0) is 65.4 Å². The van der Waals surface area contributed by atoms with Gasteiger partial charge < -0.3 is 33.8 Å². The van der Waals surface area contributed by atoms with Crippen LogP contribution in [0.5, 0.6) is 0 Å². The van der Waals surface area contributed by atoms with Gasteiger partial charge in [-0.3, -0.25) is 37.3 Å². The molecule has 0 saturated heterocycles. The van der Waals surface area contributed by atoms with Crippen molar-refractivity contribution in [2.45, 2.75) is 400 Å². The highest BCUT2D eigenvalue weighted by Gasteiger charge is 2.30. The molecule has 0 aliphatic heterocycles. The molecule has 0 radical (unpaired) electrons. The monoisotopic (exact) mass is 1370 g/mol. The maximum Gasteiger partial charge on any atom is 0.472 e. The Balaban J connectivity index is 5.21. The first-order chi connectivity index (χ1) is 44.9. The van der Waals surface area contributed by atoms with Gasteiger partial charge in [0, 0.05) is 25.7 Å². The second-order valence-electron chi connectivity index (χ2n) is 27.6. The van der Waals surface area contributed by atoms with Crippen LogP contribution >= 0.6 is 15.6 Å². The topological polar surface area (TPSA) is 237 Å². The lowest BCUT2D eigenvalue weighted by Gasteiger charge is -2.21. The number of aliphatic hydroxyl groups excluding tert-OH is 1. The minimum atomic E-state index is -4.95. The zero-order valence-electron chi connectivity index (χ0n) is 60.6. The van der Waals surface area contributed by atoms with Gasteiger partial charge >= 0.3 is 39.5 Å². The Bertz CT molecular complexity index is 1800. The molecular weight excluding hydrogens is 1220 g/mol. The summed E-state index contributed by atoms with van der Waals surface area (Å²) in [5.41, 5.74) is 0. The van der Waals surface area contributed by atoms with Gasteiger partial charge in [-0.1, -0.05) is 330 Å². The first-order valence-electron chi connectivity index (χ1n) is 38.5. The average molecular weight is 1370 g/mol. The summed E-state index contributed by atoms with van der Waals surface area (Å²) in [7, 11) is -9.90. The molecule has 0 aromatic rings. The molecule has 0 rings (SSSR count). The molecule has 3 N–H and O–H groups in total. The Labute approximate surface area is 568 Å². The highest BCUT2D eigenvalue weighted by molar-refractivity contribution is 7.47. The van der Waals surface area contributed by atoms with Gasteiger partial charge in [-0.05, 0) is 37.5 Å². The number of aliphatic hydroxyl groups is 1. The van der Waals surface area contributed by atoms with Gasteiger partial charge in [0.2, 0.25) is 0 Å². The molecule has 19 heteroatoms. The number of rotatable bonds is 73. The van der Waals surface area contributed by atoms with Crippen LogP contribution in [0.3, 0.4) is 0 Å².